The zero-order valence-electron chi connectivity index (χ0n) is 15.4. The molecule has 2 saturated heterocycles. The van der Waals surface area contributed by atoms with E-state index in [0.717, 1.165) is 18.9 Å². The number of urea groups is 1. The highest BCUT2D eigenvalue weighted by molar-refractivity contribution is 6.36. The van der Waals surface area contributed by atoms with Crippen LogP contribution in [-0.4, -0.2) is 60.2 Å². The topological polar surface area (TPSA) is 64.6 Å². The molecule has 2 aromatic rings. The van der Waals surface area contributed by atoms with Crippen LogP contribution in [0.2, 0.25) is 10.0 Å². The van der Waals surface area contributed by atoms with Crippen LogP contribution in [0, 0.1) is 0 Å². The standard InChI is InChI=1S/C19H22Cl2N6O/c20-14-11-16(21)18(23-12-14)26-7-9-27(10-8-26)19(28)24-15-3-4-17(22-13-15)25-5-1-2-6-25/h3-4,11-13H,1-2,5-10H2,(H,24,28). The zero-order valence-corrected chi connectivity index (χ0v) is 17.0. The highest BCUT2D eigenvalue weighted by Gasteiger charge is 2.23. The van der Waals surface area contributed by atoms with Crippen LogP contribution in [0.15, 0.2) is 30.6 Å². The van der Waals surface area contributed by atoms with Gasteiger partial charge in [0.15, 0.2) is 0 Å². The minimum Gasteiger partial charge on any atom is -0.357 e. The molecule has 2 amide bonds. The number of hydrogen-bond donors (Lipinski definition) is 1. The van der Waals surface area contributed by atoms with Crippen molar-refractivity contribution < 1.29 is 4.79 Å². The van der Waals surface area contributed by atoms with Crippen molar-refractivity contribution in [3.63, 3.8) is 0 Å². The number of pyridine rings is 2. The van der Waals surface area contributed by atoms with Gasteiger partial charge in [0, 0.05) is 45.5 Å². The molecule has 2 aliphatic rings. The molecule has 0 saturated carbocycles. The Balaban J connectivity index is 1.31. The first-order chi connectivity index (χ1) is 13.6. The number of carbonyl (C=O) groups excluding carboxylic acids is 1. The van der Waals surface area contributed by atoms with Gasteiger partial charge in [0.2, 0.25) is 0 Å². The quantitative estimate of drug-likeness (QED) is 0.818. The average molecular weight is 421 g/mol. The molecule has 148 valence electrons. The lowest BCUT2D eigenvalue weighted by atomic mass is 10.3. The first-order valence-corrected chi connectivity index (χ1v) is 10.2. The van der Waals surface area contributed by atoms with Crippen LogP contribution in [0.3, 0.4) is 0 Å². The summed E-state index contributed by atoms with van der Waals surface area (Å²) in [6, 6.07) is 5.44. The lowest BCUT2D eigenvalue weighted by Gasteiger charge is -2.35. The Hall–Kier alpha value is -2.25. The molecule has 0 atom stereocenters. The smallest absolute Gasteiger partial charge is 0.322 e. The Morgan fingerprint density at radius 3 is 2.32 bits per heavy atom. The van der Waals surface area contributed by atoms with Crippen molar-refractivity contribution in [1.82, 2.24) is 14.9 Å². The maximum absolute atomic E-state index is 12.6. The molecule has 7 nitrogen and oxygen atoms in total. The summed E-state index contributed by atoms with van der Waals surface area (Å²) in [4.78, 5) is 27.5. The first kappa shape index (κ1) is 19.1. The predicted octanol–water partition coefficient (Wildman–Crippen LogP) is 3.74. The van der Waals surface area contributed by atoms with E-state index in [4.69, 9.17) is 23.2 Å². The van der Waals surface area contributed by atoms with Gasteiger partial charge >= 0.3 is 6.03 Å². The van der Waals surface area contributed by atoms with Gasteiger partial charge in [0.25, 0.3) is 0 Å². The molecule has 28 heavy (non-hydrogen) atoms. The SMILES string of the molecule is O=C(Nc1ccc(N2CCCC2)nc1)N1CCN(c2ncc(Cl)cc2Cl)CC1. The fraction of sp³-hybridized carbons (Fsp3) is 0.421. The lowest BCUT2D eigenvalue weighted by molar-refractivity contribution is 0.208. The number of piperazine rings is 1. The highest BCUT2D eigenvalue weighted by atomic mass is 35.5. The molecule has 0 aromatic carbocycles. The Bertz CT molecular complexity index is 833. The normalized spacial score (nSPS) is 17.1. The van der Waals surface area contributed by atoms with Gasteiger partial charge in [-0.3, -0.25) is 0 Å². The monoisotopic (exact) mass is 420 g/mol. The van der Waals surface area contributed by atoms with Crippen LogP contribution in [0.25, 0.3) is 0 Å². The van der Waals surface area contributed by atoms with Gasteiger partial charge in [-0.25, -0.2) is 14.8 Å². The van der Waals surface area contributed by atoms with Gasteiger partial charge in [-0.05, 0) is 31.0 Å². The average Bonchev–Trinajstić information content (AvgIpc) is 3.24. The number of carbonyl (C=O) groups is 1. The summed E-state index contributed by atoms with van der Waals surface area (Å²) in [5, 5.41) is 3.96. The summed E-state index contributed by atoms with van der Waals surface area (Å²) < 4.78 is 0. The van der Waals surface area contributed by atoms with Crippen LogP contribution < -0.4 is 15.1 Å². The third-order valence-corrected chi connectivity index (χ3v) is 5.57. The number of halogens is 2. The van der Waals surface area contributed by atoms with Gasteiger partial charge in [-0.1, -0.05) is 23.2 Å². The van der Waals surface area contributed by atoms with Gasteiger partial charge < -0.3 is 20.0 Å². The van der Waals surface area contributed by atoms with Crippen LogP contribution in [0.4, 0.5) is 22.1 Å². The second kappa shape index (κ2) is 8.41. The van der Waals surface area contributed by atoms with Crippen molar-refractivity contribution in [3.8, 4) is 0 Å². The Morgan fingerprint density at radius 2 is 1.68 bits per heavy atom. The van der Waals surface area contributed by atoms with Crippen molar-refractivity contribution in [2.45, 2.75) is 12.8 Å². The van der Waals surface area contributed by atoms with Crippen molar-refractivity contribution >= 4 is 46.6 Å². The summed E-state index contributed by atoms with van der Waals surface area (Å²) in [6.45, 7) is 4.60. The van der Waals surface area contributed by atoms with E-state index in [1.54, 1.807) is 23.4 Å². The maximum atomic E-state index is 12.6. The van der Waals surface area contributed by atoms with Gasteiger partial charge in [0.05, 0.1) is 21.9 Å². The zero-order chi connectivity index (χ0) is 19.5. The molecule has 4 rings (SSSR count). The van der Waals surface area contributed by atoms with E-state index in [-0.39, 0.29) is 6.03 Å². The molecular weight excluding hydrogens is 399 g/mol. The van der Waals surface area contributed by atoms with Gasteiger partial charge in [-0.2, -0.15) is 0 Å². The summed E-state index contributed by atoms with van der Waals surface area (Å²) in [7, 11) is 0. The van der Waals surface area contributed by atoms with Crippen LogP contribution in [0.1, 0.15) is 12.8 Å². The molecule has 0 unspecified atom stereocenters. The summed E-state index contributed by atoms with van der Waals surface area (Å²) in [5.41, 5.74) is 0.706. The van der Waals surface area contributed by atoms with Crippen molar-refractivity contribution in [2.75, 3.05) is 54.4 Å². The number of hydrogen-bond acceptors (Lipinski definition) is 5. The van der Waals surface area contributed by atoms with E-state index in [2.05, 4.69) is 25.1 Å². The Kier molecular flexibility index (Phi) is 5.73. The highest BCUT2D eigenvalue weighted by Crippen LogP contribution is 2.27. The van der Waals surface area contributed by atoms with Crippen LogP contribution in [0.5, 0.6) is 0 Å². The minimum absolute atomic E-state index is 0.120. The second-order valence-electron chi connectivity index (χ2n) is 6.96. The molecule has 0 radical (unpaired) electrons. The molecule has 9 heteroatoms. The fourth-order valence-corrected chi connectivity index (χ4v) is 4.06. The molecule has 2 fully saturated rings. The molecule has 1 N–H and O–H groups in total. The van der Waals surface area contributed by atoms with E-state index >= 15 is 0 Å². The second-order valence-corrected chi connectivity index (χ2v) is 7.81. The number of amides is 2. The van der Waals surface area contributed by atoms with E-state index < -0.39 is 0 Å². The van der Waals surface area contributed by atoms with Crippen molar-refractivity contribution in [2.24, 2.45) is 0 Å². The molecule has 2 aromatic heterocycles. The third-order valence-electron chi connectivity index (χ3n) is 5.08. The van der Waals surface area contributed by atoms with Crippen molar-refractivity contribution in [3.05, 3.63) is 40.6 Å². The van der Waals surface area contributed by atoms with Crippen LogP contribution >= 0.6 is 23.2 Å². The maximum Gasteiger partial charge on any atom is 0.322 e. The Morgan fingerprint density at radius 1 is 0.929 bits per heavy atom. The number of rotatable bonds is 3. The van der Waals surface area contributed by atoms with E-state index in [1.165, 1.54) is 12.8 Å². The fourth-order valence-electron chi connectivity index (χ4n) is 3.56. The largest absolute Gasteiger partial charge is 0.357 e. The van der Waals surface area contributed by atoms with Gasteiger partial charge in [-0.15, -0.1) is 0 Å². The number of aromatic nitrogens is 2. The number of nitrogens with one attached hydrogen (secondary N) is 1. The number of anilines is 3. The summed E-state index contributed by atoms with van der Waals surface area (Å²) in [6.07, 6.45) is 5.73. The van der Waals surface area contributed by atoms with Crippen molar-refractivity contribution in [1.29, 1.82) is 0 Å². The molecular formula is C19H22Cl2N6O. The first-order valence-electron chi connectivity index (χ1n) is 9.43. The third kappa shape index (κ3) is 4.25. The predicted molar refractivity (Wildman–Crippen MR) is 113 cm³/mol. The van der Waals surface area contributed by atoms with Crippen LogP contribution in [-0.2, 0) is 0 Å². The number of nitrogens with zero attached hydrogens (tertiary/aromatic N) is 5. The molecule has 0 bridgehead atoms. The minimum atomic E-state index is -0.120. The lowest BCUT2D eigenvalue weighted by Crippen LogP contribution is -2.50. The molecule has 0 aliphatic carbocycles. The molecule has 0 spiro atoms. The van der Waals surface area contributed by atoms with E-state index in [0.29, 0.717) is 47.7 Å². The van der Waals surface area contributed by atoms with Gasteiger partial charge in [0.1, 0.15) is 11.6 Å². The Labute approximate surface area is 174 Å². The molecule has 4 heterocycles. The molecule has 2 aliphatic heterocycles. The van der Waals surface area contributed by atoms with E-state index in [9.17, 15) is 4.79 Å². The van der Waals surface area contributed by atoms with E-state index in [1.807, 2.05) is 12.1 Å². The summed E-state index contributed by atoms with van der Waals surface area (Å²) >= 11 is 12.1. The summed E-state index contributed by atoms with van der Waals surface area (Å²) in [5.74, 6) is 1.67.